The molecule has 3 aromatic rings. The zero-order valence-electron chi connectivity index (χ0n) is 18.4. The maximum atomic E-state index is 13.2. The number of aromatic hydroxyl groups is 1. The van der Waals surface area contributed by atoms with Crippen LogP contribution in [0.15, 0.2) is 72.3 Å². The van der Waals surface area contributed by atoms with Crippen molar-refractivity contribution in [3.8, 4) is 17.2 Å². The number of aliphatic hydroxyl groups is 1. The molecule has 1 fully saturated rings. The number of carbonyl (C=O) groups excluding carboxylic acids is 2. The molecule has 1 atom stereocenters. The van der Waals surface area contributed by atoms with Crippen molar-refractivity contribution in [2.45, 2.75) is 13.0 Å². The molecule has 4 rings (SSSR count). The van der Waals surface area contributed by atoms with Crippen molar-refractivity contribution >= 4 is 23.1 Å². The molecule has 0 bridgehead atoms. The van der Waals surface area contributed by atoms with Gasteiger partial charge in [-0.2, -0.15) is 0 Å². The van der Waals surface area contributed by atoms with E-state index >= 15 is 0 Å². The number of nitrogens with zero attached hydrogens (tertiary/aromatic N) is 1. The summed E-state index contributed by atoms with van der Waals surface area (Å²) in [5.74, 6) is -0.819. The van der Waals surface area contributed by atoms with Gasteiger partial charge in [-0.15, -0.1) is 0 Å². The van der Waals surface area contributed by atoms with Gasteiger partial charge in [0.05, 0.1) is 25.8 Å². The van der Waals surface area contributed by atoms with Crippen LogP contribution in [0.2, 0.25) is 0 Å². The van der Waals surface area contributed by atoms with E-state index in [0.717, 1.165) is 0 Å². The van der Waals surface area contributed by atoms with E-state index in [9.17, 15) is 19.8 Å². The van der Waals surface area contributed by atoms with Crippen LogP contribution in [0.4, 0.5) is 5.69 Å². The van der Waals surface area contributed by atoms with Crippen LogP contribution in [-0.4, -0.2) is 36.1 Å². The van der Waals surface area contributed by atoms with E-state index in [1.807, 2.05) is 0 Å². The second-order valence-corrected chi connectivity index (χ2v) is 7.65. The Labute approximate surface area is 191 Å². The quantitative estimate of drug-likeness (QED) is 0.345. The van der Waals surface area contributed by atoms with Gasteiger partial charge in [0.25, 0.3) is 11.7 Å². The number of rotatable bonds is 5. The standard InChI is InChI=1S/C26H23NO6/c1-15-12-20(33-3)10-11-21(15)24(29)22-23(16-6-4-8-18(28)13-16)27(26(31)25(22)30)17-7-5-9-19(14-17)32-2/h4-14,23,28-29H,1-3H3/b24-22-. The molecule has 0 radical (unpaired) electrons. The van der Waals surface area contributed by atoms with E-state index in [1.165, 1.54) is 31.3 Å². The maximum absolute atomic E-state index is 13.2. The molecule has 1 unspecified atom stereocenters. The first kappa shape index (κ1) is 22.0. The monoisotopic (exact) mass is 445 g/mol. The molecule has 1 heterocycles. The van der Waals surface area contributed by atoms with Crippen molar-refractivity contribution in [1.29, 1.82) is 0 Å². The molecule has 0 aliphatic carbocycles. The molecule has 168 valence electrons. The Bertz CT molecular complexity index is 1280. The SMILES string of the molecule is COc1cccc(N2C(=O)C(=O)/C(=C(\O)c3ccc(OC)cc3C)C2c2cccc(O)c2)c1. The van der Waals surface area contributed by atoms with E-state index < -0.39 is 17.7 Å². The molecule has 0 spiro atoms. The maximum Gasteiger partial charge on any atom is 0.300 e. The summed E-state index contributed by atoms with van der Waals surface area (Å²) < 4.78 is 10.5. The Morgan fingerprint density at radius 1 is 0.909 bits per heavy atom. The van der Waals surface area contributed by atoms with Gasteiger partial charge < -0.3 is 19.7 Å². The van der Waals surface area contributed by atoms with Crippen molar-refractivity contribution in [3.63, 3.8) is 0 Å². The molecule has 0 aromatic heterocycles. The first-order valence-corrected chi connectivity index (χ1v) is 10.2. The van der Waals surface area contributed by atoms with Crippen molar-refractivity contribution in [1.82, 2.24) is 0 Å². The molecule has 1 aliphatic rings. The third-order valence-corrected chi connectivity index (χ3v) is 5.65. The molecular formula is C26H23NO6. The van der Waals surface area contributed by atoms with Crippen LogP contribution in [0.3, 0.4) is 0 Å². The first-order valence-electron chi connectivity index (χ1n) is 10.2. The van der Waals surface area contributed by atoms with Gasteiger partial charge in [0.1, 0.15) is 23.0 Å². The molecule has 1 aliphatic heterocycles. The van der Waals surface area contributed by atoms with E-state index in [2.05, 4.69) is 0 Å². The van der Waals surface area contributed by atoms with Gasteiger partial charge in [0.2, 0.25) is 0 Å². The number of Topliss-reactive ketones (excluding diaryl/α,β-unsaturated/α-hetero) is 1. The van der Waals surface area contributed by atoms with Crippen LogP contribution in [0, 0.1) is 6.92 Å². The van der Waals surface area contributed by atoms with Crippen LogP contribution in [-0.2, 0) is 9.59 Å². The summed E-state index contributed by atoms with van der Waals surface area (Å²) in [7, 11) is 3.04. The van der Waals surface area contributed by atoms with Gasteiger partial charge in [-0.05, 0) is 60.5 Å². The highest BCUT2D eigenvalue weighted by Gasteiger charge is 2.47. The Kier molecular flexibility index (Phi) is 5.79. The number of carbonyl (C=O) groups is 2. The minimum absolute atomic E-state index is 0.0237. The fourth-order valence-electron chi connectivity index (χ4n) is 4.04. The molecule has 1 amide bonds. The minimum Gasteiger partial charge on any atom is -0.508 e. The number of hydrogen-bond donors (Lipinski definition) is 2. The van der Waals surface area contributed by atoms with Crippen molar-refractivity contribution < 1.29 is 29.3 Å². The highest BCUT2D eigenvalue weighted by Crippen LogP contribution is 2.43. The number of phenolic OH excluding ortho intramolecular Hbond substituents is 1. The Balaban J connectivity index is 1.96. The van der Waals surface area contributed by atoms with Gasteiger partial charge in [-0.1, -0.05) is 18.2 Å². The van der Waals surface area contributed by atoms with E-state index in [1.54, 1.807) is 61.5 Å². The van der Waals surface area contributed by atoms with Gasteiger partial charge in [-0.3, -0.25) is 14.5 Å². The third-order valence-electron chi connectivity index (χ3n) is 5.65. The predicted molar refractivity (Wildman–Crippen MR) is 124 cm³/mol. The Hall–Kier alpha value is -4.26. The van der Waals surface area contributed by atoms with E-state index in [4.69, 9.17) is 9.47 Å². The number of methoxy groups -OCH3 is 2. The first-order chi connectivity index (χ1) is 15.8. The fourth-order valence-corrected chi connectivity index (χ4v) is 4.04. The van der Waals surface area contributed by atoms with Crippen molar-refractivity contribution in [3.05, 3.63) is 89.0 Å². The topological polar surface area (TPSA) is 96.3 Å². The average Bonchev–Trinajstić information content (AvgIpc) is 3.09. The largest absolute Gasteiger partial charge is 0.508 e. The van der Waals surface area contributed by atoms with Gasteiger partial charge >= 0.3 is 0 Å². The number of anilines is 1. The predicted octanol–water partition coefficient (Wildman–Crippen LogP) is 4.34. The summed E-state index contributed by atoms with van der Waals surface area (Å²) in [4.78, 5) is 27.8. The van der Waals surface area contributed by atoms with Crippen LogP contribution in [0.25, 0.3) is 5.76 Å². The van der Waals surface area contributed by atoms with Crippen LogP contribution >= 0.6 is 0 Å². The number of ether oxygens (including phenoxy) is 2. The van der Waals surface area contributed by atoms with Crippen LogP contribution in [0.5, 0.6) is 17.2 Å². The number of benzene rings is 3. The zero-order chi connectivity index (χ0) is 23.7. The summed E-state index contributed by atoms with van der Waals surface area (Å²) in [6.07, 6.45) is 0. The number of phenols is 1. The Morgan fingerprint density at radius 2 is 1.61 bits per heavy atom. The minimum atomic E-state index is -0.953. The number of amides is 1. The molecule has 2 N–H and O–H groups in total. The Morgan fingerprint density at radius 3 is 2.27 bits per heavy atom. The molecule has 3 aromatic carbocycles. The van der Waals surface area contributed by atoms with E-state index in [0.29, 0.717) is 33.9 Å². The molecular weight excluding hydrogens is 422 g/mol. The normalized spacial score (nSPS) is 17.3. The fraction of sp³-hybridized carbons (Fsp3) is 0.154. The second-order valence-electron chi connectivity index (χ2n) is 7.65. The number of hydrogen-bond acceptors (Lipinski definition) is 6. The number of aliphatic hydroxyl groups excluding tert-OH is 1. The lowest BCUT2D eigenvalue weighted by atomic mass is 9.93. The molecule has 7 heteroatoms. The summed E-state index contributed by atoms with van der Waals surface area (Å²) in [6, 6.07) is 17.1. The molecule has 33 heavy (non-hydrogen) atoms. The van der Waals surface area contributed by atoms with Gasteiger partial charge in [0, 0.05) is 17.3 Å². The highest BCUT2D eigenvalue weighted by atomic mass is 16.5. The van der Waals surface area contributed by atoms with Gasteiger partial charge in [-0.25, -0.2) is 0 Å². The third kappa shape index (κ3) is 3.89. The second kappa shape index (κ2) is 8.70. The van der Waals surface area contributed by atoms with Crippen LogP contribution in [0.1, 0.15) is 22.7 Å². The summed E-state index contributed by atoms with van der Waals surface area (Å²) in [6.45, 7) is 1.78. The van der Waals surface area contributed by atoms with E-state index in [-0.39, 0.29) is 17.1 Å². The zero-order valence-corrected chi connectivity index (χ0v) is 18.4. The molecule has 7 nitrogen and oxygen atoms in total. The number of ketones is 1. The molecule has 1 saturated heterocycles. The average molecular weight is 445 g/mol. The number of aryl methyl sites for hydroxylation is 1. The summed E-state index contributed by atoms with van der Waals surface area (Å²) in [5.41, 5.74) is 1.92. The summed E-state index contributed by atoms with van der Waals surface area (Å²) in [5, 5.41) is 21.4. The molecule has 0 saturated carbocycles. The summed E-state index contributed by atoms with van der Waals surface area (Å²) >= 11 is 0. The lowest BCUT2D eigenvalue weighted by Crippen LogP contribution is -2.29. The van der Waals surface area contributed by atoms with Gasteiger partial charge in [0.15, 0.2) is 0 Å². The van der Waals surface area contributed by atoms with Crippen molar-refractivity contribution in [2.24, 2.45) is 0 Å². The van der Waals surface area contributed by atoms with Crippen LogP contribution < -0.4 is 14.4 Å². The van der Waals surface area contributed by atoms with Crippen molar-refractivity contribution in [2.75, 3.05) is 19.1 Å². The lowest BCUT2D eigenvalue weighted by molar-refractivity contribution is -0.132. The lowest BCUT2D eigenvalue weighted by Gasteiger charge is -2.26. The highest BCUT2D eigenvalue weighted by molar-refractivity contribution is 6.51. The smallest absolute Gasteiger partial charge is 0.300 e.